The van der Waals surface area contributed by atoms with Gasteiger partial charge in [-0.25, -0.2) is 9.59 Å². The molecule has 10 rings (SSSR count). The second kappa shape index (κ2) is 22.7. The van der Waals surface area contributed by atoms with E-state index in [4.69, 9.17) is 29.1 Å². The Morgan fingerprint density at radius 1 is 0.671 bits per heavy atom. The Kier molecular flexibility index (Phi) is 16.2. The number of rotatable bonds is 13. The highest BCUT2D eigenvalue weighted by Gasteiger charge is 2.47. The van der Waals surface area contributed by atoms with Crippen molar-refractivity contribution in [3.63, 3.8) is 0 Å². The maximum atomic E-state index is 13.2. The molecule has 5 aliphatic heterocycles. The standard InChI is InChI=1S/C32H43N5O6.C26H33N3O4/c1-5-25-27-26(18-32(19-33-28(27)39)9-15-42-16-10-32)37(34-25)20-31(3,4)21-43-30(41)24-8-6-7-23(17-24)29(40)36-13-11-35(12-14-36)22(2)38;1-3-20-22-21(14-25(15-27-23(22)30)10-12-32-13-11-25)29(28-20)16-26(8-9-26)17-33-24(31)19-6-4-18(2)5-7-19/h6-8,17H,5,9-16,18-21H2,1-4H3,(H,33,39);4-7H,3,8-17H2,1-2H3,(H,27,30). The first kappa shape index (κ1) is 54.4. The highest BCUT2D eigenvalue weighted by molar-refractivity contribution is 5.99. The van der Waals surface area contributed by atoms with Crippen molar-refractivity contribution in [3.8, 4) is 0 Å². The summed E-state index contributed by atoms with van der Waals surface area (Å²) in [5.41, 5.74) is 6.89. The molecule has 2 aromatic carbocycles. The van der Waals surface area contributed by atoms with Crippen molar-refractivity contribution < 1.29 is 47.7 Å². The van der Waals surface area contributed by atoms with E-state index in [1.54, 1.807) is 34.1 Å². The van der Waals surface area contributed by atoms with Crippen LogP contribution in [0.25, 0.3) is 0 Å². The molecule has 3 saturated heterocycles. The fraction of sp³-hybridized carbons (Fsp3) is 0.586. The van der Waals surface area contributed by atoms with Gasteiger partial charge in [0.1, 0.15) is 0 Å². The van der Waals surface area contributed by atoms with Gasteiger partial charge in [-0.1, -0.05) is 51.5 Å². The predicted molar refractivity (Wildman–Crippen MR) is 282 cm³/mol. The lowest BCUT2D eigenvalue weighted by atomic mass is 9.76. The number of fused-ring (bicyclic) bond motifs is 2. The van der Waals surface area contributed by atoms with Crippen molar-refractivity contribution in [2.45, 2.75) is 119 Å². The van der Waals surface area contributed by atoms with Crippen LogP contribution in [0.15, 0.2) is 48.5 Å². The van der Waals surface area contributed by atoms with Crippen molar-refractivity contribution in [1.29, 1.82) is 0 Å². The van der Waals surface area contributed by atoms with Gasteiger partial charge in [0.2, 0.25) is 5.91 Å². The van der Waals surface area contributed by atoms with Gasteiger partial charge in [0.05, 0.1) is 64.8 Å². The first-order valence-corrected chi connectivity index (χ1v) is 27.4. The van der Waals surface area contributed by atoms with Gasteiger partial charge in [0, 0.05) is 95.6 Å². The summed E-state index contributed by atoms with van der Waals surface area (Å²) in [4.78, 5) is 80.0. The second-order valence-corrected chi connectivity index (χ2v) is 23.1. The number of hydrogen-bond acceptors (Lipinski definition) is 12. The average Bonchev–Trinajstić information content (AvgIpc) is 4.09. The number of nitrogens with one attached hydrogen (secondary N) is 2. The molecule has 2 N–H and O–H groups in total. The van der Waals surface area contributed by atoms with Gasteiger partial charge in [-0.2, -0.15) is 10.2 Å². The minimum atomic E-state index is -0.502. The first-order valence-electron chi connectivity index (χ1n) is 27.4. The summed E-state index contributed by atoms with van der Waals surface area (Å²) in [6.07, 6.45) is 8.59. The smallest absolute Gasteiger partial charge is 0.338 e. The van der Waals surface area contributed by atoms with E-state index in [0.717, 1.165) is 98.5 Å². The van der Waals surface area contributed by atoms with E-state index in [9.17, 15) is 28.8 Å². The highest BCUT2D eigenvalue weighted by Crippen LogP contribution is 2.48. The number of hydrogen-bond donors (Lipinski definition) is 2. The number of piperazine rings is 1. The Labute approximate surface area is 445 Å². The van der Waals surface area contributed by atoms with Crippen molar-refractivity contribution >= 4 is 35.6 Å². The Balaban J connectivity index is 0.000000192. The SMILES string of the molecule is CCc1nn(CC(C)(C)COC(=O)c2cccc(C(=O)N3CCN(C(C)=O)CC3)c2)c2c1C(=O)NCC1(CCOCC1)C2.CCc1nn(CC2(COC(=O)c3ccc(C)cc3)CC2)c2c1C(=O)NCC1(CCOCC1)C2. The van der Waals surface area contributed by atoms with Crippen molar-refractivity contribution in [3.05, 3.63) is 105 Å². The molecule has 1 saturated carbocycles. The number of carbonyl (C=O) groups is 6. The van der Waals surface area contributed by atoms with Crippen LogP contribution in [0.3, 0.4) is 0 Å². The van der Waals surface area contributed by atoms with Crippen LogP contribution in [0, 0.1) is 28.6 Å². The lowest BCUT2D eigenvalue weighted by molar-refractivity contribution is -0.130. The van der Waals surface area contributed by atoms with Crippen LogP contribution >= 0.6 is 0 Å². The van der Waals surface area contributed by atoms with Gasteiger partial charge in [-0.15, -0.1) is 0 Å². The molecule has 0 atom stereocenters. The molecule has 76 heavy (non-hydrogen) atoms. The van der Waals surface area contributed by atoms with Crippen LogP contribution in [0.4, 0.5) is 0 Å². The molecule has 18 nitrogen and oxygen atoms in total. The van der Waals surface area contributed by atoms with Crippen LogP contribution in [-0.4, -0.2) is 144 Å². The molecule has 4 fully saturated rings. The van der Waals surface area contributed by atoms with Gasteiger partial charge >= 0.3 is 11.9 Å². The van der Waals surface area contributed by atoms with E-state index in [0.29, 0.717) is 107 Å². The summed E-state index contributed by atoms with van der Waals surface area (Å²) < 4.78 is 26.7. The number of nitrogens with zero attached hydrogens (tertiary/aromatic N) is 6. The number of benzene rings is 2. The lowest BCUT2D eigenvalue weighted by Gasteiger charge is -2.36. The molecule has 0 bridgehead atoms. The number of aromatic nitrogens is 4. The van der Waals surface area contributed by atoms with E-state index in [2.05, 4.69) is 15.3 Å². The van der Waals surface area contributed by atoms with Gasteiger partial charge in [-0.05, 0) is 112 Å². The third-order valence-corrected chi connectivity index (χ3v) is 16.6. The van der Waals surface area contributed by atoms with E-state index >= 15 is 0 Å². The normalized spacial score (nSPS) is 19.4. The molecule has 408 valence electrons. The molecule has 18 heteroatoms. The third-order valence-electron chi connectivity index (χ3n) is 16.6. The number of amides is 4. The molecule has 4 amide bonds. The number of ether oxygens (including phenoxy) is 4. The van der Waals surface area contributed by atoms with Crippen LogP contribution in [0.1, 0.15) is 153 Å². The topological polar surface area (TPSA) is 206 Å². The molecule has 2 spiro atoms. The fourth-order valence-electron chi connectivity index (χ4n) is 11.4. The minimum Gasteiger partial charge on any atom is -0.461 e. The van der Waals surface area contributed by atoms with Gasteiger partial charge in [-0.3, -0.25) is 28.5 Å². The van der Waals surface area contributed by atoms with Gasteiger partial charge in [0.25, 0.3) is 17.7 Å². The summed E-state index contributed by atoms with van der Waals surface area (Å²) >= 11 is 0. The van der Waals surface area contributed by atoms with E-state index in [-0.39, 0.29) is 52.4 Å². The number of esters is 2. The maximum absolute atomic E-state index is 13.2. The predicted octanol–water partition coefficient (Wildman–Crippen LogP) is 6.19. The Morgan fingerprint density at radius 3 is 1.72 bits per heavy atom. The monoisotopic (exact) mass is 1040 g/mol. The van der Waals surface area contributed by atoms with Crippen LogP contribution in [0.5, 0.6) is 0 Å². The lowest BCUT2D eigenvalue weighted by Crippen LogP contribution is -2.50. The highest BCUT2D eigenvalue weighted by atomic mass is 16.5. The van der Waals surface area contributed by atoms with Gasteiger partial charge in [0.15, 0.2) is 0 Å². The van der Waals surface area contributed by atoms with Crippen molar-refractivity contribution in [2.75, 3.05) is 78.9 Å². The number of carbonyl (C=O) groups excluding carboxylic acids is 6. The molecule has 2 aromatic heterocycles. The molecular formula is C58H76N8O10. The summed E-state index contributed by atoms with van der Waals surface area (Å²) in [7, 11) is 0. The number of aryl methyl sites for hydroxylation is 3. The van der Waals surface area contributed by atoms with Crippen LogP contribution in [0.2, 0.25) is 0 Å². The Hall–Kier alpha value is -6.40. The first-order chi connectivity index (χ1) is 36.4. The van der Waals surface area contributed by atoms with Crippen molar-refractivity contribution in [1.82, 2.24) is 40.0 Å². The Bertz CT molecular complexity index is 2810. The zero-order chi connectivity index (χ0) is 53.8. The quantitative estimate of drug-likeness (QED) is 0.144. The molecule has 7 heterocycles. The molecule has 0 radical (unpaired) electrons. The summed E-state index contributed by atoms with van der Waals surface area (Å²) in [5, 5.41) is 16.1. The largest absolute Gasteiger partial charge is 0.461 e. The van der Waals surface area contributed by atoms with Crippen LogP contribution in [-0.2, 0) is 62.5 Å². The second-order valence-electron chi connectivity index (χ2n) is 23.1. The summed E-state index contributed by atoms with van der Waals surface area (Å²) in [6.45, 7) is 19.3. The average molecular weight is 1050 g/mol. The van der Waals surface area contributed by atoms with E-state index < -0.39 is 11.4 Å². The molecule has 1 aliphatic carbocycles. The molecular weight excluding hydrogens is 969 g/mol. The Morgan fingerprint density at radius 2 is 1.18 bits per heavy atom. The zero-order valence-corrected chi connectivity index (χ0v) is 45.4. The van der Waals surface area contributed by atoms with E-state index in [1.807, 2.05) is 63.6 Å². The van der Waals surface area contributed by atoms with Gasteiger partial charge < -0.3 is 39.4 Å². The summed E-state index contributed by atoms with van der Waals surface area (Å²) in [6, 6.07) is 14.1. The molecule has 0 unspecified atom stereocenters. The maximum Gasteiger partial charge on any atom is 0.338 e. The molecule has 4 aromatic rings. The minimum absolute atomic E-state index is 0.00208. The summed E-state index contributed by atoms with van der Waals surface area (Å²) in [5.74, 6) is -1.03. The van der Waals surface area contributed by atoms with E-state index in [1.165, 1.54) is 6.92 Å². The van der Waals surface area contributed by atoms with Crippen LogP contribution < -0.4 is 10.6 Å². The van der Waals surface area contributed by atoms with Crippen molar-refractivity contribution in [2.24, 2.45) is 21.7 Å². The third kappa shape index (κ3) is 12.2. The molecule has 6 aliphatic rings. The zero-order valence-electron chi connectivity index (χ0n) is 45.4. The fourth-order valence-corrected chi connectivity index (χ4v) is 11.4.